The van der Waals surface area contributed by atoms with Crippen LogP contribution in [0.5, 0.6) is 0 Å². The number of hydrogen-bond donors (Lipinski definition) is 0. The summed E-state index contributed by atoms with van der Waals surface area (Å²) in [4.78, 5) is 1.59. The number of hydrogen-bond acceptors (Lipinski definition) is 2. The van der Waals surface area contributed by atoms with E-state index in [0.717, 1.165) is 6.42 Å². The van der Waals surface area contributed by atoms with Gasteiger partial charge in [0.1, 0.15) is 0 Å². The fourth-order valence-electron chi connectivity index (χ4n) is 9.87. The Morgan fingerprint density at radius 1 is 0.596 bits per heavy atom. The summed E-state index contributed by atoms with van der Waals surface area (Å²) >= 11 is 3.97. The van der Waals surface area contributed by atoms with Crippen molar-refractivity contribution in [2.24, 2.45) is 20.0 Å². The second kappa shape index (κ2) is 10.6. The molecule has 4 heteroatoms. The number of fused-ring (bicyclic) bond motifs is 15. The summed E-state index contributed by atoms with van der Waals surface area (Å²) < 4.78 is 7.63. The van der Waals surface area contributed by atoms with E-state index in [9.17, 15) is 0 Å². The Balaban J connectivity index is 1.11. The number of allylic oxidation sites excluding steroid dienone is 7. The Hall–Kier alpha value is -5.29. The van der Waals surface area contributed by atoms with Gasteiger partial charge in [-0.3, -0.25) is 0 Å². The molecule has 9 aromatic rings. The third-order valence-corrected chi connectivity index (χ3v) is 14.7. The lowest BCUT2D eigenvalue weighted by Crippen LogP contribution is -2.13. The summed E-state index contributed by atoms with van der Waals surface area (Å²) in [5.41, 5.74) is 12.1. The third-order valence-electron chi connectivity index (χ3n) is 12.1. The normalized spacial score (nSPS) is 18.6. The van der Waals surface area contributed by atoms with Gasteiger partial charge in [0, 0.05) is 78.0 Å². The Kier molecular flexibility index (Phi) is 5.99. The van der Waals surface area contributed by atoms with Crippen molar-refractivity contribution in [2.45, 2.75) is 18.1 Å². The van der Waals surface area contributed by atoms with Crippen LogP contribution >= 0.6 is 23.1 Å². The Morgan fingerprint density at radius 2 is 1.25 bits per heavy atom. The molecule has 3 aliphatic rings. The third kappa shape index (κ3) is 3.81. The van der Waals surface area contributed by atoms with Crippen LogP contribution in [0.15, 0.2) is 144 Å². The second-order valence-corrected chi connectivity index (χ2v) is 17.1. The van der Waals surface area contributed by atoms with Crippen molar-refractivity contribution in [2.75, 3.05) is 0 Å². The van der Waals surface area contributed by atoms with Crippen molar-refractivity contribution in [1.29, 1.82) is 0 Å². The summed E-state index contributed by atoms with van der Waals surface area (Å²) in [5.74, 6) is 0.467. The summed E-state index contributed by atoms with van der Waals surface area (Å²) in [6, 6.07) is 39.1. The van der Waals surface area contributed by atoms with Gasteiger partial charge in [-0.2, -0.15) is 0 Å². The van der Waals surface area contributed by atoms with E-state index in [0.29, 0.717) is 11.2 Å². The first-order valence-corrected chi connectivity index (χ1v) is 20.0. The molecule has 12 rings (SSSR count). The standard InChI is InChI=1S/C48H34N2S2/c1-49-37-25-27(29-15-9-19-41-43(29)35-13-5-7-17-39(35)51-41)21-23-33(37)45-31-11-3-4-12-32(31)46-34-24-22-28(26-38(34)50(2)48(46)47(45)49)30-16-10-20-42-44(30)36-14-6-8-18-40(36)52-42/h3-9,11-19,21-26,36,40H,10,20H2,1-2H3. The van der Waals surface area contributed by atoms with Gasteiger partial charge in [0.05, 0.1) is 11.0 Å². The maximum atomic E-state index is 2.51. The zero-order valence-electron chi connectivity index (χ0n) is 29.0. The molecule has 1 aliphatic heterocycles. The number of benzene rings is 6. The van der Waals surface area contributed by atoms with Gasteiger partial charge in [-0.15, -0.1) is 23.1 Å². The molecule has 248 valence electrons. The molecule has 0 saturated heterocycles. The second-order valence-electron chi connectivity index (χ2n) is 14.7. The van der Waals surface area contributed by atoms with E-state index in [-0.39, 0.29) is 0 Å². The number of thiophene rings is 1. The highest BCUT2D eigenvalue weighted by atomic mass is 32.2. The first kappa shape index (κ1) is 29.3. The molecular weight excluding hydrogens is 669 g/mol. The van der Waals surface area contributed by atoms with E-state index in [1.807, 2.05) is 11.3 Å². The van der Waals surface area contributed by atoms with Gasteiger partial charge in [0.15, 0.2) is 0 Å². The van der Waals surface area contributed by atoms with Crippen LogP contribution in [-0.2, 0) is 14.1 Å². The molecule has 0 spiro atoms. The first-order valence-electron chi connectivity index (χ1n) is 18.4. The van der Waals surface area contributed by atoms with Gasteiger partial charge >= 0.3 is 0 Å². The molecular formula is C48H34N2S2. The average molecular weight is 703 g/mol. The highest BCUT2D eigenvalue weighted by molar-refractivity contribution is 8.04. The monoisotopic (exact) mass is 702 g/mol. The van der Waals surface area contributed by atoms with Crippen LogP contribution in [-0.4, -0.2) is 14.4 Å². The Labute approximate surface area is 309 Å². The molecule has 6 aromatic carbocycles. The topological polar surface area (TPSA) is 9.86 Å². The lowest BCUT2D eigenvalue weighted by Gasteiger charge is -2.22. The van der Waals surface area contributed by atoms with Crippen LogP contribution in [0.1, 0.15) is 18.4 Å². The zero-order valence-corrected chi connectivity index (χ0v) is 30.6. The summed E-state index contributed by atoms with van der Waals surface area (Å²) in [6.45, 7) is 0. The number of thioether (sulfide) groups is 1. The highest BCUT2D eigenvalue weighted by Crippen LogP contribution is 2.54. The summed E-state index contributed by atoms with van der Waals surface area (Å²) in [7, 11) is 4.55. The van der Waals surface area contributed by atoms with Crippen molar-refractivity contribution in [1.82, 2.24) is 9.13 Å². The van der Waals surface area contributed by atoms with Crippen molar-refractivity contribution in [3.05, 3.63) is 150 Å². The zero-order chi connectivity index (χ0) is 34.2. The van der Waals surface area contributed by atoms with Crippen LogP contribution < -0.4 is 0 Å². The summed E-state index contributed by atoms with van der Waals surface area (Å²) in [6.07, 6.45) is 14.1. The number of aromatic nitrogens is 2. The molecule has 0 amide bonds. The predicted octanol–water partition coefficient (Wildman–Crippen LogP) is 13.5. The summed E-state index contributed by atoms with van der Waals surface area (Å²) in [5, 5.41) is 11.2. The fraction of sp³-hybridized carbons (Fsp3) is 0.125. The van der Waals surface area contributed by atoms with Crippen LogP contribution in [0.25, 0.3) is 91.3 Å². The van der Waals surface area contributed by atoms with Crippen LogP contribution in [0.2, 0.25) is 0 Å². The molecule has 4 heterocycles. The first-order chi connectivity index (χ1) is 25.6. The van der Waals surface area contributed by atoms with E-state index in [1.54, 1.807) is 10.5 Å². The molecule has 2 atom stereocenters. The van der Waals surface area contributed by atoms with Crippen LogP contribution in [0, 0.1) is 5.92 Å². The molecule has 0 fully saturated rings. The minimum atomic E-state index is 0.467. The van der Waals surface area contributed by atoms with E-state index in [4.69, 9.17) is 0 Å². The maximum absolute atomic E-state index is 2.51. The van der Waals surface area contributed by atoms with Gasteiger partial charge in [-0.05, 0) is 80.6 Å². The Morgan fingerprint density at radius 3 is 2.02 bits per heavy atom. The minimum absolute atomic E-state index is 0.467. The van der Waals surface area contributed by atoms with E-state index >= 15 is 0 Å². The average Bonchev–Trinajstić information content (AvgIpc) is 3.93. The van der Waals surface area contributed by atoms with Gasteiger partial charge in [-0.25, -0.2) is 0 Å². The molecule has 2 unspecified atom stereocenters. The van der Waals surface area contributed by atoms with Gasteiger partial charge < -0.3 is 9.13 Å². The smallest absolute Gasteiger partial charge is 0.0742 e. The molecule has 0 radical (unpaired) electrons. The van der Waals surface area contributed by atoms with E-state index in [1.165, 1.54) is 103 Å². The number of aryl methyl sites for hydroxylation is 2. The van der Waals surface area contributed by atoms with Gasteiger partial charge in [0.2, 0.25) is 0 Å². The van der Waals surface area contributed by atoms with E-state index in [2.05, 4.69) is 168 Å². The lowest BCUT2D eigenvalue weighted by atomic mass is 9.81. The van der Waals surface area contributed by atoms with Crippen LogP contribution in [0.3, 0.4) is 0 Å². The molecule has 2 aliphatic carbocycles. The number of nitrogens with zero attached hydrogens (tertiary/aromatic N) is 2. The van der Waals surface area contributed by atoms with Crippen molar-refractivity contribution >= 4 is 103 Å². The quantitative estimate of drug-likeness (QED) is 0.174. The van der Waals surface area contributed by atoms with Crippen LogP contribution in [0.4, 0.5) is 0 Å². The Bertz CT molecular complexity index is 3190. The number of rotatable bonds is 2. The SMILES string of the molecule is Cn1c2cc(C3=CCCC4=C3C3C=CC=CC3S4)ccc2c2c3ccccc3c3c4ccc(-c5cccc6sc7ccccc7c56)cc4n(C)c3c21. The largest absolute Gasteiger partial charge is 0.342 e. The molecule has 2 nitrogen and oxygen atoms in total. The van der Waals surface area contributed by atoms with Crippen molar-refractivity contribution in [3.8, 4) is 11.1 Å². The maximum Gasteiger partial charge on any atom is 0.0742 e. The predicted molar refractivity (Wildman–Crippen MR) is 228 cm³/mol. The molecule has 3 aromatic heterocycles. The lowest BCUT2D eigenvalue weighted by molar-refractivity contribution is 0.812. The minimum Gasteiger partial charge on any atom is -0.342 e. The van der Waals surface area contributed by atoms with Gasteiger partial charge in [-0.1, -0.05) is 109 Å². The highest BCUT2D eigenvalue weighted by Gasteiger charge is 2.36. The van der Waals surface area contributed by atoms with Crippen molar-refractivity contribution < 1.29 is 0 Å². The fourth-order valence-corrected chi connectivity index (χ4v) is 12.5. The molecule has 0 bridgehead atoms. The molecule has 52 heavy (non-hydrogen) atoms. The van der Waals surface area contributed by atoms with Gasteiger partial charge in [0.25, 0.3) is 0 Å². The van der Waals surface area contributed by atoms with Crippen molar-refractivity contribution in [3.63, 3.8) is 0 Å². The molecule has 0 N–H and O–H groups in total. The molecule has 0 saturated carbocycles. The van der Waals surface area contributed by atoms with E-state index < -0.39 is 0 Å².